The van der Waals surface area contributed by atoms with Crippen LogP contribution in [0.3, 0.4) is 0 Å². The van der Waals surface area contributed by atoms with Crippen LogP contribution in [0, 0.1) is 5.41 Å². The molecule has 1 unspecified atom stereocenters. The first-order chi connectivity index (χ1) is 12.0. The minimum atomic E-state index is -0.348. The number of benzene rings is 1. The Bertz CT molecular complexity index is 844. The molecule has 2 aromatic rings. The summed E-state index contributed by atoms with van der Waals surface area (Å²) in [7, 11) is 0. The smallest absolute Gasteiger partial charge is 0.160 e. The Morgan fingerprint density at radius 1 is 1.16 bits per heavy atom. The summed E-state index contributed by atoms with van der Waals surface area (Å²) in [4.78, 5) is 13.4. The van der Waals surface area contributed by atoms with Gasteiger partial charge in [-0.05, 0) is 23.8 Å². The molecule has 0 fully saturated rings. The fourth-order valence-corrected chi connectivity index (χ4v) is 5.10. The van der Waals surface area contributed by atoms with Crippen molar-refractivity contribution in [2.24, 2.45) is 5.41 Å². The van der Waals surface area contributed by atoms with Crippen molar-refractivity contribution in [3.05, 3.63) is 64.5 Å². The van der Waals surface area contributed by atoms with Gasteiger partial charge in [0.25, 0.3) is 0 Å². The standard InChI is InChI=1S/C22H26N2O/c1-4-10-22(16-8-6-5-7-9-16)17-14-23-24-18(17)11-15-12-21(2,3)13-19(25)20(15)22/h5-9,14H,4,10-13H2,1-3H3,(H,23,24). The lowest BCUT2D eigenvalue weighted by Gasteiger charge is -2.45. The van der Waals surface area contributed by atoms with E-state index in [2.05, 4.69) is 55.2 Å². The van der Waals surface area contributed by atoms with Crippen molar-refractivity contribution in [3.63, 3.8) is 0 Å². The molecule has 1 heterocycles. The number of rotatable bonds is 3. The Morgan fingerprint density at radius 3 is 2.64 bits per heavy atom. The van der Waals surface area contributed by atoms with E-state index in [1.54, 1.807) is 0 Å². The molecule has 0 radical (unpaired) electrons. The molecule has 1 aromatic carbocycles. The first-order valence-corrected chi connectivity index (χ1v) is 9.32. The summed E-state index contributed by atoms with van der Waals surface area (Å²) in [5, 5.41) is 7.58. The lowest BCUT2D eigenvalue weighted by atomic mass is 9.56. The third-order valence-corrected chi connectivity index (χ3v) is 5.85. The summed E-state index contributed by atoms with van der Waals surface area (Å²) in [6.45, 7) is 6.62. The third-order valence-electron chi connectivity index (χ3n) is 5.85. The van der Waals surface area contributed by atoms with E-state index in [0.29, 0.717) is 12.2 Å². The number of nitrogens with one attached hydrogen (secondary N) is 1. The molecule has 2 aliphatic carbocycles. The van der Waals surface area contributed by atoms with E-state index in [1.165, 1.54) is 22.4 Å². The topological polar surface area (TPSA) is 45.8 Å². The van der Waals surface area contributed by atoms with Crippen LogP contribution in [0.15, 0.2) is 47.7 Å². The highest BCUT2D eigenvalue weighted by atomic mass is 16.1. The Morgan fingerprint density at radius 2 is 1.92 bits per heavy atom. The third kappa shape index (κ3) is 2.40. The second kappa shape index (κ2) is 5.69. The van der Waals surface area contributed by atoms with Crippen molar-refractivity contribution in [3.8, 4) is 0 Å². The molecule has 1 aromatic heterocycles. The Balaban J connectivity index is 2.03. The van der Waals surface area contributed by atoms with Gasteiger partial charge in [0.2, 0.25) is 0 Å². The van der Waals surface area contributed by atoms with Crippen LogP contribution in [0.2, 0.25) is 0 Å². The molecule has 0 amide bonds. The van der Waals surface area contributed by atoms with E-state index in [0.717, 1.165) is 31.3 Å². The number of aromatic amines is 1. The molecule has 0 spiro atoms. The number of Topliss-reactive ketones (excluding diaryl/α,β-unsaturated/α-hetero) is 1. The predicted molar refractivity (Wildman–Crippen MR) is 99.5 cm³/mol. The fourth-order valence-electron chi connectivity index (χ4n) is 5.10. The fraction of sp³-hybridized carbons (Fsp3) is 0.455. The lowest BCUT2D eigenvalue weighted by molar-refractivity contribution is -0.118. The van der Waals surface area contributed by atoms with Crippen LogP contribution in [0.1, 0.15) is 63.3 Å². The van der Waals surface area contributed by atoms with Crippen molar-refractivity contribution in [2.75, 3.05) is 0 Å². The minimum absolute atomic E-state index is 0.0437. The van der Waals surface area contributed by atoms with Gasteiger partial charge in [-0.15, -0.1) is 0 Å². The van der Waals surface area contributed by atoms with Crippen LogP contribution in [0.4, 0.5) is 0 Å². The van der Waals surface area contributed by atoms with Gasteiger partial charge < -0.3 is 0 Å². The molecule has 0 bridgehead atoms. The van der Waals surface area contributed by atoms with Crippen molar-refractivity contribution in [1.82, 2.24) is 10.2 Å². The highest BCUT2D eigenvalue weighted by molar-refractivity contribution is 6.01. The SMILES string of the molecule is CCCC1(c2ccccc2)C2=C(Cc3[nH]ncc31)CC(C)(C)CC2=O. The molecule has 3 heteroatoms. The Hall–Kier alpha value is -2.16. The van der Waals surface area contributed by atoms with Gasteiger partial charge in [-0.1, -0.05) is 63.1 Å². The Labute approximate surface area is 149 Å². The van der Waals surface area contributed by atoms with E-state index in [4.69, 9.17) is 0 Å². The van der Waals surface area contributed by atoms with E-state index >= 15 is 0 Å². The molecule has 0 saturated heterocycles. The molecule has 2 aliphatic rings. The maximum atomic E-state index is 13.4. The van der Waals surface area contributed by atoms with Crippen molar-refractivity contribution >= 4 is 5.78 Å². The second-order valence-corrected chi connectivity index (χ2v) is 8.38. The number of allylic oxidation sites excluding steroid dienone is 2. The summed E-state index contributed by atoms with van der Waals surface area (Å²) >= 11 is 0. The molecule has 130 valence electrons. The van der Waals surface area contributed by atoms with Crippen molar-refractivity contribution in [2.45, 2.75) is 58.3 Å². The first-order valence-electron chi connectivity index (χ1n) is 9.32. The maximum Gasteiger partial charge on any atom is 0.160 e. The summed E-state index contributed by atoms with van der Waals surface area (Å²) in [6, 6.07) is 10.6. The van der Waals surface area contributed by atoms with E-state index in [-0.39, 0.29) is 10.8 Å². The monoisotopic (exact) mass is 334 g/mol. The molecule has 0 aliphatic heterocycles. The number of ketones is 1. The van der Waals surface area contributed by atoms with Crippen molar-refractivity contribution < 1.29 is 4.79 Å². The molecule has 25 heavy (non-hydrogen) atoms. The molecule has 4 rings (SSSR count). The van der Waals surface area contributed by atoms with Gasteiger partial charge in [-0.2, -0.15) is 5.10 Å². The van der Waals surface area contributed by atoms with E-state index < -0.39 is 0 Å². The van der Waals surface area contributed by atoms with E-state index in [1.807, 2.05) is 12.3 Å². The molecule has 1 atom stereocenters. The number of nitrogens with zero attached hydrogens (tertiary/aromatic N) is 1. The van der Waals surface area contributed by atoms with Crippen molar-refractivity contribution in [1.29, 1.82) is 0 Å². The predicted octanol–water partition coefficient (Wildman–Crippen LogP) is 4.74. The van der Waals surface area contributed by atoms with Gasteiger partial charge in [-0.25, -0.2) is 0 Å². The number of hydrogen-bond acceptors (Lipinski definition) is 2. The van der Waals surface area contributed by atoms with Crippen LogP contribution in [-0.4, -0.2) is 16.0 Å². The van der Waals surface area contributed by atoms with E-state index in [9.17, 15) is 4.79 Å². The van der Waals surface area contributed by atoms with Gasteiger partial charge in [0.1, 0.15) is 0 Å². The van der Waals surface area contributed by atoms with Crippen LogP contribution < -0.4 is 0 Å². The zero-order valence-corrected chi connectivity index (χ0v) is 15.4. The molecular weight excluding hydrogens is 308 g/mol. The number of fused-ring (bicyclic) bond motifs is 1. The number of aromatic nitrogens is 2. The highest BCUT2D eigenvalue weighted by Gasteiger charge is 2.49. The molecule has 0 saturated carbocycles. The quantitative estimate of drug-likeness (QED) is 0.881. The van der Waals surface area contributed by atoms with Gasteiger partial charge in [0, 0.05) is 29.7 Å². The van der Waals surface area contributed by atoms with Crippen LogP contribution >= 0.6 is 0 Å². The Kier molecular flexibility index (Phi) is 3.71. The molecular formula is C22H26N2O. The van der Waals surface area contributed by atoms with Crippen LogP contribution in [0.5, 0.6) is 0 Å². The maximum absolute atomic E-state index is 13.4. The zero-order chi connectivity index (χ0) is 17.7. The summed E-state index contributed by atoms with van der Waals surface area (Å²) < 4.78 is 0. The summed E-state index contributed by atoms with van der Waals surface area (Å²) in [5.74, 6) is 0.329. The van der Waals surface area contributed by atoms with Gasteiger partial charge in [-0.3, -0.25) is 9.89 Å². The number of H-pyrrole nitrogens is 1. The molecule has 1 N–H and O–H groups in total. The lowest BCUT2D eigenvalue weighted by Crippen LogP contribution is -2.42. The first kappa shape index (κ1) is 16.3. The van der Waals surface area contributed by atoms with Crippen LogP contribution in [-0.2, 0) is 16.6 Å². The van der Waals surface area contributed by atoms with Gasteiger partial charge >= 0.3 is 0 Å². The molecule has 3 nitrogen and oxygen atoms in total. The zero-order valence-electron chi connectivity index (χ0n) is 15.4. The van der Waals surface area contributed by atoms with Gasteiger partial charge in [0.15, 0.2) is 5.78 Å². The van der Waals surface area contributed by atoms with Gasteiger partial charge in [0.05, 0.1) is 11.6 Å². The number of hydrogen-bond donors (Lipinski definition) is 1. The summed E-state index contributed by atoms with van der Waals surface area (Å²) in [5.41, 5.74) is 5.68. The van der Waals surface area contributed by atoms with Crippen LogP contribution in [0.25, 0.3) is 0 Å². The highest BCUT2D eigenvalue weighted by Crippen LogP contribution is 2.53. The minimum Gasteiger partial charge on any atom is -0.294 e. The average Bonchev–Trinajstić information content (AvgIpc) is 3.02. The average molecular weight is 334 g/mol. The normalized spacial score (nSPS) is 24.8. The summed E-state index contributed by atoms with van der Waals surface area (Å²) in [6.07, 6.45) is 6.37. The number of carbonyl (C=O) groups is 1. The number of carbonyl (C=O) groups excluding carboxylic acids is 1. The second-order valence-electron chi connectivity index (χ2n) is 8.38. The largest absolute Gasteiger partial charge is 0.294 e.